The van der Waals surface area contributed by atoms with Crippen molar-refractivity contribution in [1.82, 2.24) is 4.72 Å². The number of aliphatic hydroxyl groups is 1. The van der Waals surface area contributed by atoms with Gasteiger partial charge in [0.15, 0.2) is 0 Å². The molecule has 6 heteroatoms. The fourth-order valence-corrected chi connectivity index (χ4v) is 3.71. The van der Waals surface area contributed by atoms with Gasteiger partial charge in [0, 0.05) is 18.0 Å². The zero-order chi connectivity index (χ0) is 15.3. The van der Waals surface area contributed by atoms with Crippen LogP contribution in [0.15, 0.2) is 23.1 Å². The molecular weight excluding hydrogens is 293 g/mol. The first-order valence-corrected chi connectivity index (χ1v) is 8.43. The van der Waals surface area contributed by atoms with Crippen molar-refractivity contribution < 1.29 is 17.9 Å². The highest BCUT2D eigenvalue weighted by molar-refractivity contribution is 7.89. The lowest BCUT2D eigenvalue weighted by Crippen LogP contribution is -2.33. The van der Waals surface area contributed by atoms with Crippen LogP contribution >= 0.6 is 0 Å². The van der Waals surface area contributed by atoms with Crippen LogP contribution in [-0.2, 0) is 10.0 Å². The SMILES string of the molecule is O=S(=O)(NC1CCCC1)c1ccc(C#CCCO)cc1F. The Morgan fingerprint density at radius 2 is 2.05 bits per heavy atom. The third-order valence-corrected chi connectivity index (χ3v) is 4.92. The molecule has 0 unspecified atom stereocenters. The lowest BCUT2D eigenvalue weighted by atomic mass is 10.2. The molecule has 0 aliphatic heterocycles. The van der Waals surface area contributed by atoms with E-state index in [0.29, 0.717) is 12.0 Å². The smallest absolute Gasteiger partial charge is 0.243 e. The zero-order valence-electron chi connectivity index (χ0n) is 11.6. The fraction of sp³-hybridized carbons (Fsp3) is 0.467. The summed E-state index contributed by atoms with van der Waals surface area (Å²) in [6.45, 7) is -0.0622. The lowest BCUT2D eigenvalue weighted by molar-refractivity contribution is 0.305. The van der Waals surface area contributed by atoms with Gasteiger partial charge in [0.05, 0.1) is 6.61 Å². The maximum atomic E-state index is 14.0. The monoisotopic (exact) mass is 311 g/mol. The van der Waals surface area contributed by atoms with Crippen LogP contribution in [0, 0.1) is 17.7 Å². The van der Waals surface area contributed by atoms with Crippen molar-refractivity contribution in [3.8, 4) is 11.8 Å². The number of nitrogens with one attached hydrogen (secondary N) is 1. The minimum absolute atomic E-state index is 0.0622. The predicted molar refractivity (Wildman–Crippen MR) is 77.6 cm³/mol. The van der Waals surface area contributed by atoms with Crippen LogP contribution in [0.25, 0.3) is 0 Å². The van der Waals surface area contributed by atoms with Crippen LogP contribution in [0.4, 0.5) is 4.39 Å². The summed E-state index contributed by atoms with van der Waals surface area (Å²) in [4.78, 5) is -0.345. The van der Waals surface area contributed by atoms with Gasteiger partial charge in [0.2, 0.25) is 10.0 Å². The summed E-state index contributed by atoms with van der Waals surface area (Å²) in [5.41, 5.74) is 0.390. The number of hydrogen-bond acceptors (Lipinski definition) is 3. The molecular formula is C15H18FNO3S. The van der Waals surface area contributed by atoms with Crippen LogP contribution in [0.5, 0.6) is 0 Å². The summed E-state index contributed by atoms with van der Waals surface area (Å²) in [6.07, 6.45) is 3.88. The van der Waals surface area contributed by atoms with E-state index in [1.165, 1.54) is 12.1 Å². The first-order chi connectivity index (χ1) is 10.0. The Morgan fingerprint density at radius 3 is 2.67 bits per heavy atom. The van der Waals surface area contributed by atoms with E-state index in [1.54, 1.807) is 0 Å². The van der Waals surface area contributed by atoms with Gasteiger partial charge in [-0.1, -0.05) is 24.7 Å². The zero-order valence-corrected chi connectivity index (χ0v) is 12.4. The standard InChI is InChI=1S/C15H18FNO3S/c16-14-11-12(5-3-4-10-18)8-9-15(14)21(19,20)17-13-6-1-2-7-13/h8-9,11,13,17-18H,1-2,4,6-7,10H2. The summed E-state index contributed by atoms with van der Waals surface area (Å²) in [5, 5.41) is 8.62. The van der Waals surface area contributed by atoms with E-state index in [1.807, 2.05) is 0 Å². The molecule has 1 aliphatic carbocycles. The molecule has 21 heavy (non-hydrogen) atoms. The van der Waals surface area contributed by atoms with Crippen LogP contribution in [0.1, 0.15) is 37.7 Å². The number of aliphatic hydroxyl groups excluding tert-OH is 1. The van der Waals surface area contributed by atoms with E-state index in [0.717, 1.165) is 31.7 Å². The van der Waals surface area contributed by atoms with Crippen molar-refractivity contribution >= 4 is 10.0 Å². The first-order valence-electron chi connectivity index (χ1n) is 6.94. The van der Waals surface area contributed by atoms with Gasteiger partial charge >= 0.3 is 0 Å². The van der Waals surface area contributed by atoms with Gasteiger partial charge in [0.1, 0.15) is 10.7 Å². The minimum atomic E-state index is -3.83. The maximum Gasteiger partial charge on any atom is 0.243 e. The van der Waals surface area contributed by atoms with Crippen LogP contribution in [0.2, 0.25) is 0 Å². The molecule has 0 spiro atoms. The molecule has 114 valence electrons. The molecule has 1 aliphatic rings. The topological polar surface area (TPSA) is 66.4 Å². The largest absolute Gasteiger partial charge is 0.395 e. The van der Waals surface area contributed by atoms with Gasteiger partial charge in [-0.2, -0.15) is 0 Å². The molecule has 2 N–H and O–H groups in total. The minimum Gasteiger partial charge on any atom is -0.395 e. The Kier molecular flexibility index (Phi) is 5.34. The van der Waals surface area contributed by atoms with Crippen molar-refractivity contribution in [3.05, 3.63) is 29.6 Å². The summed E-state index contributed by atoms with van der Waals surface area (Å²) < 4.78 is 40.9. The summed E-state index contributed by atoms with van der Waals surface area (Å²) in [7, 11) is -3.83. The van der Waals surface area contributed by atoms with E-state index < -0.39 is 15.8 Å². The van der Waals surface area contributed by atoms with Crippen molar-refractivity contribution in [2.75, 3.05) is 6.61 Å². The molecule has 0 bridgehead atoms. The Bertz CT molecular complexity index is 655. The van der Waals surface area contributed by atoms with Crippen LogP contribution in [-0.4, -0.2) is 26.2 Å². The molecule has 4 nitrogen and oxygen atoms in total. The van der Waals surface area contributed by atoms with Crippen LogP contribution in [0.3, 0.4) is 0 Å². The highest BCUT2D eigenvalue weighted by Crippen LogP contribution is 2.22. The molecule has 1 fully saturated rings. The molecule has 0 heterocycles. The van der Waals surface area contributed by atoms with Gasteiger partial charge in [-0.15, -0.1) is 0 Å². The average Bonchev–Trinajstić information content (AvgIpc) is 2.91. The number of hydrogen-bond donors (Lipinski definition) is 2. The van der Waals surface area contributed by atoms with Crippen molar-refractivity contribution in [2.45, 2.75) is 43.0 Å². The molecule has 1 aromatic rings. The van der Waals surface area contributed by atoms with Gasteiger partial charge in [-0.05, 0) is 31.0 Å². The van der Waals surface area contributed by atoms with E-state index in [-0.39, 0.29) is 17.5 Å². The molecule has 0 saturated heterocycles. The number of sulfonamides is 1. The second kappa shape index (κ2) is 7.03. The molecule has 0 radical (unpaired) electrons. The fourth-order valence-electron chi connectivity index (χ4n) is 2.34. The Labute approximate surface area is 124 Å². The molecule has 0 aromatic heterocycles. The molecule has 1 saturated carbocycles. The summed E-state index contributed by atoms with van der Waals surface area (Å²) >= 11 is 0. The number of halogens is 1. The van der Waals surface area contributed by atoms with Crippen molar-refractivity contribution in [2.24, 2.45) is 0 Å². The quantitative estimate of drug-likeness (QED) is 0.833. The second-order valence-electron chi connectivity index (χ2n) is 5.02. The molecule has 0 atom stereocenters. The van der Waals surface area contributed by atoms with Gasteiger partial charge in [-0.3, -0.25) is 0 Å². The van der Waals surface area contributed by atoms with Gasteiger partial charge in [0.25, 0.3) is 0 Å². The summed E-state index contributed by atoms with van der Waals surface area (Å²) in [6, 6.07) is 3.71. The third kappa shape index (κ3) is 4.27. The Balaban J connectivity index is 2.18. The first kappa shape index (κ1) is 16.0. The highest BCUT2D eigenvalue weighted by atomic mass is 32.2. The molecule has 0 amide bonds. The van der Waals surface area contributed by atoms with Crippen LogP contribution < -0.4 is 4.72 Å². The summed E-state index contributed by atoms with van der Waals surface area (Å²) in [5.74, 6) is 4.53. The van der Waals surface area contributed by atoms with Crippen molar-refractivity contribution in [3.63, 3.8) is 0 Å². The number of benzene rings is 1. The molecule has 2 rings (SSSR count). The Hall–Kier alpha value is -1.42. The average molecular weight is 311 g/mol. The van der Waals surface area contributed by atoms with E-state index >= 15 is 0 Å². The third-order valence-electron chi connectivity index (χ3n) is 3.37. The highest BCUT2D eigenvalue weighted by Gasteiger charge is 2.25. The number of rotatable bonds is 4. The van der Waals surface area contributed by atoms with Crippen molar-refractivity contribution in [1.29, 1.82) is 0 Å². The van der Waals surface area contributed by atoms with Gasteiger partial charge < -0.3 is 5.11 Å². The maximum absolute atomic E-state index is 14.0. The van der Waals surface area contributed by atoms with Gasteiger partial charge in [-0.25, -0.2) is 17.5 Å². The Morgan fingerprint density at radius 1 is 1.33 bits per heavy atom. The normalized spacial score (nSPS) is 15.7. The molecule has 1 aromatic carbocycles. The van der Waals surface area contributed by atoms with E-state index in [4.69, 9.17) is 5.11 Å². The predicted octanol–water partition coefficient (Wildman–Crippen LogP) is 1.78. The second-order valence-corrected chi connectivity index (χ2v) is 6.71. The lowest BCUT2D eigenvalue weighted by Gasteiger charge is -2.13. The van der Waals surface area contributed by atoms with E-state index in [2.05, 4.69) is 16.6 Å². The van der Waals surface area contributed by atoms with E-state index in [9.17, 15) is 12.8 Å².